The average Bonchev–Trinajstić information content (AvgIpc) is 2.98. The minimum absolute atomic E-state index is 0.157. The molecule has 2 aromatic rings. The number of anilines is 1. The van der Waals surface area contributed by atoms with E-state index in [-0.39, 0.29) is 11.9 Å². The Labute approximate surface area is 232 Å². The van der Waals surface area contributed by atoms with Crippen molar-refractivity contribution >= 4 is 23.7 Å². The van der Waals surface area contributed by atoms with Crippen molar-refractivity contribution < 1.29 is 23.8 Å². The zero-order valence-electron chi connectivity index (χ0n) is 23.7. The lowest BCUT2D eigenvalue weighted by Gasteiger charge is -2.35. The molecular weight excluding hydrogens is 496 g/mol. The molecule has 3 amide bonds. The van der Waals surface area contributed by atoms with E-state index in [9.17, 15) is 9.59 Å². The number of carbonyl (C=O) groups is 2. The maximum atomic E-state index is 12.9. The molecule has 0 aliphatic carbocycles. The minimum atomic E-state index is -0.157. The highest BCUT2D eigenvalue weighted by Gasteiger charge is 2.23. The number of piperazine rings is 1. The standard InChI is InChI=1S/C30H42N4O5/c1-5-6-13-29(35)33(16-9-11-24-10-7-8-12-27(24)38-3)20-17-32-18-21-34(22-19-32)30(36)31-26-15-14-25(37-2)23-28(26)39-4/h7-12,14-15,23H,5-6,13,16-22H2,1-4H3,(H,31,36). The number of carbonyl (C=O) groups excluding carboxylic acids is 2. The van der Waals surface area contributed by atoms with Crippen molar-refractivity contribution in [2.24, 2.45) is 0 Å². The molecule has 1 N–H and O–H groups in total. The topological polar surface area (TPSA) is 83.6 Å². The van der Waals surface area contributed by atoms with E-state index >= 15 is 0 Å². The molecule has 1 saturated heterocycles. The van der Waals surface area contributed by atoms with Crippen LogP contribution in [0.25, 0.3) is 6.08 Å². The maximum absolute atomic E-state index is 12.9. The molecule has 0 spiro atoms. The summed E-state index contributed by atoms with van der Waals surface area (Å²) >= 11 is 0. The van der Waals surface area contributed by atoms with E-state index in [0.717, 1.165) is 43.8 Å². The van der Waals surface area contributed by atoms with Crippen molar-refractivity contribution in [2.75, 3.05) is 72.5 Å². The van der Waals surface area contributed by atoms with Crippen LogP contribution < -0.4 is 19.5 Å². The highest BCUT2D eigenvalue weighted by Crippen LogP contribution is 2.29. The zero-order chi connectivity index (χ0) is 28.0. The van der Waals surface area contributed by atoms with E-state index < -0.39 is 0 Å². The minimum Gasteiger partial charge on any atom is -0.497 e. The van der Waals surface area contributed by atoms with Crippen LogP contribution in [-0.2, 0) is 4.79 Å². The number of benzene rings is 2. The van der Waals surface area contributed by atoms with Gasteiger partial charge in [-0.25, -0.2) is 4.79 Å². The molecule has 1 fully saturated rings. The number of para-hydroxylation sites is 1. The second-order valence-corrected chi connectivity index (χ2v) is 9.41. The molecule has 0 unspecified atom stereocenters. The van der Waals surface area contributed by atoms with Gasteiger partial charge in [-0.3, -0.25) is 9.69 Å². The van der Waals surface area contributed by atoms with E-state index in [0.29, 0.717) is 49.8 Å². The molecule has 3 rings (SSSR count). The van der Waals surface area contributed by atoms with Crippen LogP contribution in [0.3, 0.4) is 0 Å². The third kappa shape index (κ3) is 8.92. The first-order valence-corrected chi connectivity index (χ1v) is 13.6. The number of unbranched alkanes of at least 4 members (excludes halogenated alkanes) is 1. The van der Waals surface area contributed by atoms with Crippen molar-refractivity contribution in [1.29, 1.82) is 0 Å². The summed E-state index contributed by atoms with van der Waals surface area (Å²) in [4.78, 5) is 31.8. The summed E-state index contributed by atoms with van der Waals surface area (Å²) in [5, 5.41) is 2.95. The fraction of sp³-hybridized carbons (Fsp3) is 0.467. The van der Waals surface area contributed by atoms with Gasteiger partial charge in [-0.1, -0.05) is 43.7 Å². The second-order valence-electron chi connectivity index (χ2n) is 9.41. The van der Waals surface area contributed by atoms with Gasteiger partial charge in [0.1, 0.15) is 17.2 Å². The van der Waals surface area contributed by atoms with Gasteiger partial charge >= 0.3 is 6.03 Å². The molecular formula is C30H42N4O5. The predicted octanol–water partition coefficient (Wildman–Crippen LogP) is 4.59. The number of methoxy groups -OCH3 is 3. The molecule has 9 nitrogen and oxygen atoms in total. The molecule has 1 heterocycles. The Morgan fingerprint density at radius 1 is 0.974 bits per heavy atom. The van der Waals surface area contributed by atoms with Gasteiger partial charge in [-0.2, -0.15) is 0 Å². The molecule has 1 aliphatic heterocycles. The lowest BCUT2D eigenvalue weighted by atomic mass is 10.2. The maximum Gasteiger partial charge on any atom is 0.322 e. The normalized spacial score (nSPS) is 13.8. The summed E-state index contributed by atoms with van der Waals surface area (Å²) in [6.07, 6.45) is 6.47. The Balaban J connectivity index is 1.51. The van der Waals surface area contributed by atoms with Gasteiger partial charge in [0, 0.05) is 63.9 Å². The van der Waals surface area contributed by atoms with E-state index in [1.165, 1.54) is 0 Å². The van der Waals surface area contributed by atoms with Crippen LogP contribution in [0, 0.1) is 0 Å². The molecule has 39 heavy (non-hydrogen) atoms. The van der Waals surface area contributed by atoms with Crippen LogP contribution in [0.4, 0.5) is 10.5 Å². The first-order chi connectivity index (χ1) is 19.0. The van der Waals surface area contributed by atoms with Gasteiger partial charge in [0.25, 0.3) is 0 Å². The van der Waals surface area contributed by atoms with Crippen molar-refractivity contribution in [3.8, 4) is 17.2 Å². The van der Waals surface area contributed by atoms with Crippen molar-refractivity contribution in [1.82, 2.24) is 14.7 Å². The number of ether oxygens (including phenoxy) is 3. The second kappa shape index (κ2) is 15.6. The van der Waals surface area contributed by atoms with E-state index in [1.54, 1.807) is 44.4 Å². The van der Waals surface area contributed by atoms with Gasteiger partial charge < -0.3 is 29.3 Å². The predicted molar refractivity (Wildman–Crippen MR) is 155 cm³/mol. The van der Waals surface area contributed by atoms with Gasteiger partial charge in [-0.15, -0.1) is 0 Å². The molecule has 0 radical (unpaired) electrons. The molecule has 0 atom stereocenters. The Morgan fingerprint density at radius 3 is 2.41 bits per heavy atom. The first kappa shape index (κ1) is 29.8. The Bertz CT molecular complexity index is 1100. The number of amides is 3. The summed E-state index contributed by atoms with van der Waals surface area (Å²) in [5.74, 6) is 2.20. The summed E-state index contributed by atoms with van der Waals surface area (Å²) < 4.78 is 16.0. The van der Waals surface area contributed by atoms with Crippen LogP contribution in [0.15, 0.2) is 48.5 Å². The Hall–Kier alpha value is -3.72. The van der Waals surface area contributed by atoms with Crippen LogP contribution in [-0.4, -0.2) is 93.8 Å². The quantitative estimate of drug-likeness (QED) is 0.402. The first-order valence-electron chi connectivity index (χ1n) is 13.6. The van der Waals surface area contributed by atoms with Crippen LogP contribution >= 0.6 is 0 Å². The lowest BCUT2D eigenvalue weighted by molar-refractivity contribution is -0.131. The smallest absolute Gasteiger partial charge is 0.322 e. The Kier molecular flexibility index (Phi) is 12.0. The number of rotatable bonds is 13. The van der Waals surface area contributed by atoms with Gasteiger partial charge in [0.15, 0.2) is 0 Å². The lowest BCUT2D eigenvalue weighted by Crippen LogP contribution is -2.51. The molecule has 9 heteroatoms. The number of hydrogen-bond donors (Lipinski definition) is 1. The fourth-order valence-corrected chi connectivity index (χ4v) is 4.45. The summed E-state index contributed by atoms with van der Waals surface area (Å²) in [7, 11) is 4.81. The van der Waals surface area contributed by atoms with Gasteiger partial charge in [0.05, 0.1) is 27.0 Å². The highest BCUT2D eigenvalue weighted by molar-refractivity contribution is 5.91. The van der Waals surface area contributed by atoms with Crippen molar-refractivity contribution in [3.63, 3.8) is 0 Å². The fourth-order valence-electron chi connectivity index (χ4n) is 4.45. The third-order valence-electron chi connectivity index (χ3n) is 6.85. The van der Waals surface area contributed by atoms with E-state index in [2.05, 4.69) is 17.1 Å². The SMILES string of the molecule is CCCCC(=O)N(CC=Cc1ccccc1OC)CCN1CCN(C(=O)Nc2ccc(OC)cc2OC)CC1. The Morgan fingerprint density at radius 2 is 1.72 bits per heavy atom. The summed E-state index contributed by atoms with van der Waals surface area (Å²) in [6, 6.07) is 13.0. The van der Waals surface area contributed by atoms with Crippen LogP contribution in [0.1, 0.15) is 31.7 Å². The zero-order valence-corrected chi connectivity index (χ0v) is 23.7. The average molecular weight is 539 g/mol. The number of hydrogen-bond acceptors (Lipinski definition) is 6. The largest absolute Gasteiger partial charge is 0.497 e. The van der Waals surface area contributed by atoms with Crippen molar-refractivity contribution in [2.45, 2.75) is 26.2 Å². The third-order valence-corrected chi connectivity index (χ3v) is 6.85. The molecule has 1 aliphatic rings. The molecule has 0 bridgehead atoms. The monoisotopic (exact) mass is 538 g/mol. The molecule has 2 aromatic carbocycles. The van der Waals surface area contributed by atoms with E-state index in [1.807, 2.05) is 41.3 Å². The molecule has 212 valence electrons. The summed E-state index contributed by atoms with van der Waals surface area (Å²) in [5.41, 5.74) is 1.59. The number of nitrogens with one attached hydrogen (secondary N) is 1. The molecule has 0 aromatic heterocycles. The van der Waals surface area contributed by atoms with Gasteiger partial charge in [-0.05, 0) is 24.6 Å². The van der Waals surface area contributed by atoms with Gasteiger partial charge in [0.2, 0.25) is 5.91 Å². The van der Waals surface area contributed by atoms with Crippen molar-refractivity contribution in [3.05, 3.63) is 54.1 Å². The number of nitrogens with zero attached hydrogens (tertiary/aromatic N) is 3. The summed E-state index contributed by atoms with van der Waals surface area (Å²) in [6.45, 7) is 6.79. The number of urea groups is 1. The van der Waals surface area contributed by atoms with E-state index in [4.69, 9.17) is 14.2 Å². The highest BCUT2D eigenvalue weighted by atomic mass is 16.5. The van der Waals surface area contributed by atoms with Crippen LogP contribution in [0.2, 0.25) is 0 Å². The van der Waals surface area contributed by atoms with Crippen LogP contribution in [0.5, 0.6) is 17.2 Å². The molecule has 0 saturated carbocycles.